The molecule has 1 unspecified atom stereocenters. The number of amidine groups is 1. The van der Waals surface area contributed by atoms with Gasteiger partial charge in [-0.05, 0) is 55.2 Å². The van der Waals surface area contributed by atoms with Crippen LogP contribution < -0.4 is 4.90 Å². The first kappa shape index (κ1) is 29.0. The number of carbonyl (C=O) groups excluding carboxylic acids is 2. The third-order valence-corrected chi connectivity index (χ3v) is 7.53. The summed E-state index contributed by atoms with van der Waals surface area (Å²) in [6.45, 7) is 11.4. The third-order valence-electron chi connectivity index (χ3n) is 7.24. The zero-order valence-electron chi connectivity index (χ0n) is 23.5. The van der Waals surface area contributed by atoms with E-state index in [1.165, 1.54) is 6.08 Å². The lowest BCUT2D eigenvalue weighted by atomic mass is 10.0. The first-order chi connectivity index (χ1) is 19.4. The van der Waals surface area contributed by atoms with E-state index in [0.717, 1.165) is 36.1 Å². The molecule has 0 aliphatic carbocycles. The summed E-state index contributed by atoms with van der Waals surface area (Å²) in [6, 6.07) is 13.4. The Balaban J connectivity index is 1.92. The number of piperazine rings is 1. The van der Waals surface area contributed by atoms with Gasteiger partial charge in [0.15, 0.2) is 5.82 Å². The fourth-order valence-electron chi connectivity index (χ4n) is 5.25. The molecule has 1 aliphatic heterocycles. The molecule has 8 nitrogen and oxygen atoms in total. The molecule has 2 aromatic heterocycles. The van der Waals surface area contributed by atoms with Crippen molar-refractivity contribution >= 4 is 41.3 Å². The van der Waals surface area contributed by atoms with Crippen LogP contribution in [0.25, 0.3) is 11.4 Å². The maximum Gasteiger partial charge on any atom is 0.246 e. The van der Waals surface area contributed by atoms with E-state index in [2.05, 4.69) is 35.3 Å². The van der Waals surface area contributed by atoms with Crippen LogP contribution in [0.2, 0.25) is 5.02 Å². The summed E-state index contributed by atoms with van der Waals surface area (Å²) in [5.41, 5.74) is 4.59. The number of amides is 2. The van der Waals surface area contributed by atoms with Crippen molar-refractivity contribution in [1.82, 2.24) is 19.8 Å². The number of aromatic nitrogens is 2. The third kappa shape index (κ3) is 5.63. The summed E-state index contributed by atoms with van der Waals surface area (Å²) < 4.78 is 0. The molecule has 0 spiro atoms. The zero-order chi connectivity index (χ0) is 28.8. The predicted molar refractivity (Wildman–Crippen MR) is 161 cm³/mol. The van der Waals surface area contributed by atoms with Crippen LogP contribution in [0.5, 0.6) is 0 Å². The molecular formula is C31H35ClN6O2. The summed E-state index contributed by atoms with van der Waals surface area (Å²) in [4.78, 5) is 44.9. The highest BCUT2D eigenvalue weighted by molar-refractivity contribution is 6.33. The van der Waals surface area contributed by atoms with Crippen molar-refractivity contribution < 1.29 is 9.59 Å². The Bertz CT molecular complexity index is 1400. The summed E-state index contributed by atoms with van der Waals surface area (Å²) in [5, 5.41) is 0.400. The molecule has 4 rings (SSSR count). The summed E-state index contributed by atoms with van der Waals surface area (Å²) in [5.74, 6) is 0.976. The van der Waals surface area contributed by atoms with E-state index in [1.54, 1.807) is 23.0 Å². The van der Waals surface area contributed by atoms with Gasteiger partial charge in [-0.2, -0.15) is 0 Å². The van der Waals surface area contributed by atoms with E-state index in [9.17, 15) is 9.59 Å². The van der Waals surface area contributed by atoms with Crippen LogP contribution in [-0.2, 0) is 22.4 Å². The van der Waals surface area contributed by atoms with E-state index < -0.39 is 0 Å². The van der Waals surface area contributed by atoms with E-state index in [-0.39, 0.29) is 11.9 Å². The molecule has 0 bridgehead atoms. The van der Waals surface area contributed by atoms with Gasteiger partial charge < -0.3 is 9.80 Å². The van der Waals surface area contributed by atoms with Gasteiger partial charge >= 0.3 is 0 Å². The van der Waals surface area contributed by atoms with Crippen molar-refractivity contribution in [3.05, 3.63) is 83.0 Å². The Kier molecular flexibility index (Phi) is 9.32. The number of benzene rings is 1. The van der Waals surface area contributed by atoms with Crippen molar-refractivity contribution in [2.45, 2.75) is 39.7 Å². The number of nitrogens with zero attached hydrogens (tertiary/aromatic N) is 6. The van der Waals surface area contributed by atoms with Gasteiger partial charge in [0.05, 0.1) is 22.0 Å². The minimum atomic E-state index is -0.0954. The van der Waals surface area contributed by atoms with Crippen molar-refractivity contribution in [3.63, 3.8) is 0 Å². The van der Waals surface area contributed by atoms with Gasteiger partial charge in [-0.25, -0.2) is 4.98 Å². The normalized spacial score (nSPS) is 15.6. The largest absolute Gasteiger partial charge is 0.350 e. The zero-order valence-corrected chi connectivity index (χ0v) is 24.2. The topological polar surface area (TPSA) is 82.0 Å². The highest BCUT2D eigenvalue weighted by Crippen LogP contribution is 2.37. The van der Waals surface area contributed by atoms with Crippen LogP contribution in [0.15, 0.2) is 66.3 Å². The maximum atomic E-state index is 13.0. The Morgan fingerprint density at radius 2 is 1.90 bits per heavy atom. The van der Waals surface area contributed by atoms with Gasteiger partial charge in [-0.1, -0.05) is 56.3 Å². The Labute approximate surface area is 241 Å². The van der Waals surface area contributed by atoms with Crippen LogP contribution in [0, 0.1) is 0 Å². The van der Waals surface area contributed by atoms with Gasteiger partial charge in [0.2, 0.25) is 12.3 Å². The van der Waals surface area contributed by atoms with Crippen LogP contribution in [0.1, 0.15) is 37.5 Å². The lowest BCUT2D eigenvalue weighted by Crippen LogP contribution is -2.55. The number of anilines is 2. The average Bonchev–Trinajstić information content (AvgIpc) is 2.99. The van der Waals surface area contributed by atoms with Crippen molar-refractivity contribution in [1.29, 1.82) is 0 Å². The number of pyridine rings is 2. The Morgan fingerprint density at radius 3 is 2.45 bits per heavy atom. The van der Waals surface area contributed by atoms with Crippen LogP contribution in [-0.4, -0.2) is 70.6 Å². The number of hydrogen-bond donors (Lipinski definition) is 0. The highest BCUT2D eigenvalue weighted by atomic mass is 35.5. The second-order valence-corrected chi connectivity index (χ2v) is 10.00. The molecule has 0 saturated carbocycles. The second-order valence-electron chi connectivity index (χ2n) is 9.59. The van der Waals surface area contributed by atoms with Gasteiger partial charge in [-0.3, -0.25) is 24.5 Å². The van der Waals surface area contributed by atoms with Gasteiger partial charge in [0, 0.05) is 38.9 Å². The number of carbonyl (C=O) groups is 2. The predicted octanol–water partition coefficient (Wildman–Crippen LogP) is 5.31. The second kappa shape index (κ2) is 12.9. The molecule has 1 aliphatic rings. The molecule has 2 amide bonds. The molecule has 208 valence electrons. The molecule has 0 N–H and O–H groups in total. The molecule has 9 heteroatoms. The minimum Gasteiger partial charge on any atom is -0.350 e. The summed E-state index contributed by atoms with van der Waals surface area (Å²) in [6.07, 6.45) is 5.33. The van der Waals surface area contributed by atoms with Crippen molar-refractivity contribution in [3.8, 4) is 11.4 Å². The SMILES string of the molecule is C=CC(=O)N1CCN(C(=NC)c2cc(Cl)c(-c3ccccn3)nc2N(C=O)c2c(CC)cccc2CC)C(C)C1. The Morgan fingerprint density at radius 1 is 1.18 bits per heavy atom. The molecular weight excluding hydrogens is 524 g/mol. The van der Waals surface area contributed by atoms with Gasteiger partial charge in [0.1, 0.15) is 11.5 Å². The monoisotopic (exact) mass is 558 g/mol. The fourth-order valence-corrected chi connectivity index (χ4v) is 5.50. The van der Waals surface area contributed by atoms with Gasteiger partial charge in [0.25, 0.3) is 0 Å². The molecule has 1 fully saturated rings. The molecule has 1 aromatic carbocycles. The van der Waals surface area contributed by atoms with E-state index in [1.807, 2.05) is 49.4 Å². The lowest BCUT2D eigenvalue weighted by molar-refractivity contribution is -0.128. The number of aliphatic imine (C=N–C) groups is 1. The van der Waals surface area contributed by atoms with Crippen LogP contribution in [0.4, 0.5) is 11.5 Å². The quantitative estimate of drug-likeness (QED) is 0.162. The smallest absolute Gasteiger partial charge is 0.246 e. The first-order valence-electron chi connectivity index (χ1n) is 13.5. The molecule has 1 atom stereocenters. The minimum absolute atomic E-state index is 0.0442. The number of halogens is 1. The Hall–Kier alpha value is -4.04. The fraction of sp³-hybridized carbons (Fsp3) is 0.323. The van der Waals surface area contributed by atoms with Gasteiger partial charge in [-0.15, -0.1) is 0 Å². The standard InChI is InChI=1S/C31H35ClN6O2/c1-6-22-12-11-13-23(7-2)29(22)38(20-39)31-24(18-25(32)28(35-31)26-14-9-10-15-34-26)30(33-5)37-17-16-36(19-21(37)4)27(40)8-3/h8-15,18,20-21H,3,6-7,16-17,19H2,1-2,4-5H3. The van der Waals surface area contributed by atoms with Crippen molar-refractivity contribution in [2.24, 2.45) is 4.99 Å². The number of rotatable bonds is 8. The molecule has 3 aromatic rings. The molecule has 0 radical (unpaired) electrons. The average molecular weight is 559 g/mol. The van der Waals surface area contributed by atoms with Crippen LogP contribution >= 0.6 is 11.6 Å². The number of para-hydroxylation sites is 1. The first-order valence-corrected chi connectivity index (χ1v) is 13.9. The highest BCUT2D eigenvalue weighted by Gasteiger charge is 2.32. The van der Waals surface area contributed by atoms with E-state index in [4.69, 9.17) is 16.6 Å². The number of aryl methyl sites for hydroxylation is 2. The van der Waals surface area contributed by atoms with E-state index in [0.29, 0.717) is 53.3 Å². The summed E-state index contributed by atoms with van der Waals surface area (Å²) >= 11 is 6.86. The lowest BCUT2D eigenvalue weighted by Gasteiger charge is -2.41. The van der Waals surface area contributed by atoms with Crippen molar-refractivity contribution in [2.75, 3.05) is 31.6 Å². The van der Waals surface area contributed by atoms with E-state index >= 15 is 0 Å². The summed E-state index contributed by atoms with van der Waals surface area (Å²) in [7, 11) is 1.72. The van der Waals surface area contributed by atoms with Crippen LogP contribution in [0.3, 0.4) is 0 Å². The molecule has 1 saturated heterocycles. The number of hydrogen-bond acceptors (Lipinski definition) is 5. The molecule has 3 heterocycles. The maximum absolute atomic E-state index is 13.0. The molecule has 40 heavy (non-hydrogen) atoms.